The molecule has 3 rings (SSSR count). The highest BCUT2D eigenvalue weighted by atomic mass is 32.1. The molecule has 0 unspecified atom stereocenters. The van der Waals surface area contributed by atoms with Crippen LogP contribution in [0, 0.1) is 0 Å². The van der Waals surface area contributed by atoms with Crippen LogP contribution in [0.3, 0.4) is 0 Å². The molecule has 0 saturated heterocycles. The normalized spacial score (nSPS) is 11.8. The first-order chi connectivity index (χ1) is 9.99. The lowest BCUT2D eigenvalue weighted by atomic mass is 9.87. The van der Waals surface area contributed by atoms with Crippen LogP contribution in [0.2, 0.25) is 0 Å². The molecular formula is C16H16N2O2S. The molecule has 4 nitrogen and oxygen atoms in total. The largest absolute Gasteiger partial charge is 0.437 e. The van der Waals surface area contributed by atoms with Crippen molar-refractivity contribution in [2.24, 2.45) is 0 Å². The van der Waals surface area contributed by atoms with Crippen LogP contribution >= 0.6 is 11.3 Å². The number of imidazole rings is 1. The van der Waals surface area contributed by atoms with Gasteiger partial charge in [-0.2, -0.15) is 4.98 Å². The molecule has 0 fully saturated rings. The Morgan fingerprint density at radius 1 is 1.33 bits per heavy atom. The summed E-state index contributed by atoms with van der Waals surface area (Å²) in [5.41, 5.74) is 1.66. The van der Waals surface area contributed by atoms with Crippen molar-refractivity contribution in [2.75, 3.05) is 0 Å². The summed E-state index contributed by atoms with van der Waals surface area (Å²) in [6.45, 7) is 6.45. The quantitative estimate of drug-likeness (QED) is 0.677. The van der Waals surface area contributed by atoms with E-state index in [1.54, 1.807) is 4.40 Å². The monoisotopic (exact) mass is 300 g/mol. The van der Waals surface area contributed by atoms with Crippen molar-refractivity contribution < 1.29 is 9.53 Å². The zero-order valence-electron chi connectivity index (χ0n) is 12.2. The number of hydrogen-bond donors (Lipinski definition) is 0. The first kappa shape index (κ1) is 13.8. The third-order valence-corrected chi connectivity index (χ3v) is 4.05. The number of aromatic nitrogens is 2. The maximum Gasteiger partial charge on any atom is 0.250 e. The number of rotatable bonds is 3. The molecule has 0 radical (unpaired) electrons. The Hall–Kier alpha value is -2.14. The van der Waals surface area contributed by atoms with Crippen LogP contribution in [0.15, 0.2) is 35.8 Å². The van der Waals surface area contributed by atoms with Crippen LogP contribution in [0.4, 0.5) is 0 Å². The Bertz CT molecular complexity index is 796. The van der Waals surface area contributed by atoms with Gasteiger partial charge in [0.05, 0.1) is 0 Å². The topological polar surface area (TPSA) is 43.6 Å². The van der Waals surface area contributed by atoms with E-state index in [0.29, 0.717) is 17.3 Å². The van der Waals surface area contributed by atoms with Crippen molar-refractivity contribution in [3.8, 4) is 11.6 Å². The fourth-order valence-electron chi connectivity index (χ4n) is 2.10. The molecule has 0 N–H and O–H groups in total. The summed E-state index contributed by atoms with van der Waals surface area (Å²) in [4.78, 5) is 16.4. The number of thiazole rings is 1. The predicted octanol–water partition coefficient (Wildman–Crippen LogP) is 4.30. The first-order valence-electron chi connectivity index (χ1n) is 6.68. The Labute approximate surface area is 127 Å². The SMILES string of the molecule is CC(C)(C)c1cccc(Oc2nc3sccn3c2C=O)c1. The number of ether oxygens (including phenoxy) is 1. The second-order valence-electron chi connectivity index (χ2n) is 5.86. The van der Waals surface area contributed by atoms with E-state index in [1.165, 1.54) is 16.9 Å². The minimum Gasteiger partial charge on any atom is -0.437 e. The molecule has 0 spiro atoms. The van der Waals surface area contributed by atoms with Gasteiger partial charge in [0.1, 0.15) is 5.75 Å². The third kappa shape index (κ3) is 2.56. The van der Waals surface area contributed by atoms with E-state index in [-0.39, 0.29) is 5.41 Å². The summed E-state index contributed by atoms with van der Waals surface area (Å²) >= 11 is 1.47. The molecular weight excluding hydrogens is 284 g/mol. The van der Waals surface area contributed by atoms with Crippen LogP contribution in [0.1, 0.15) is 36.8 Å². The average molecular weight is 300 g/mol. The molecule has 2 aromatic heterocycles. The van der Waals surface area contributed by atoms with Gasteiger partial charge in [-0.25, -0.2) is 0 Å². The molecule has 0 atom stereocenters. The minimum atomic E-state index is 0.0431. The van der Waals surface area contributed by atoms with Gasteiger partial charge in [-0.15, -0.1) is 11.3 Å². The molecule has 0 saturated carbocycles. The van der Waals surface area contributed by atoms with Gasteiger partial charge < -0.3 is 4.74 Å². The van der Waals surface area contributed by atoms with E-state index in [2.05, 4.69) is 31.8 Å². The highest BCUT2D eigenvalue weighted by Crippen LogP contribution is 2.30. The van der Waals surface area contributed by atoms with E-state index in [1.807, 2.05) is 29.8 Å². The van der Waals surface area contributed by atoms with Gasteiger partial charge in [-0.05, 0) is 23.1 Å². The Balaban J connectivity index is 1.98. The van der Waals surface area contributed by atoms with Gasteiger partial charge in [0.25, 0.3) is 0 Å². The Kier molecular flexibility index (Phi) is 3.29. The van der Waals surface area contributed by atoms with E-state index in [4.69, 9.17) is 4.74 Å². The molecule has 0 aliphatic rings. The highest BCUT2D eigenvalue weighted by molar-refractivity contribution is 7.15. The maximum atomic E-state index is 11.3. The number of carbonyl (C=O) groups excluding carboxylic acids is 1. The van der Waals surface area contributed by atoms with Gasteiger partial charge in [0.15, 0.2) is 16.9 Å². The summed E-state index contributed by atoms with van der Waals surface area (Å²) in [6.07, 6.45) is 2.59. The first-order valence-corrected chi connectivity index (χ1v) is 7.56. The molecule has 3 aromatic rings. The molecule has 1 aromatic carbocycles. The highest BCUT2D eigenvalue weighted by Gasteiger charge is 2.17. The maximum absolute atomic E-state index is 11.3. The van der Waals surface area contributed by atoms with Gasteiger partial charge in [-0.3, -0.25) is 9.20 Å². The van der Waals surface area contributed by atoms with Crippen LogP contribution in [0.25, 0.3) is 4.96 Å². The summed E-state index contributed by atoms with van der Waals surface area (Å²) in [7, 11) is 0. The number of carbonyl (C=O) groups is 1. The summed E-state index contributed by atoms with van der Waals surface area (Å²) in [6, 6.07) is 7.88. The molecule has 21 heavy (non-hydrogen) atoms. The van der Waals surface area contributed by atoms with Crippen LogP contribution in [-0.2, 0) is 5.41 Å². The molecule has 0 aliphatic carbocycles. The lowest BCUT2D eigenvalue weighted by Gasteiger charge is -2.19. The van der Waals surface area contributed by atoms with Crippen molar-refractivity contribution in [3.05, 3.63) is 47.1 Å². The van der Waals surface area contributed by atoms with Gasteiger partial charge in [-0.1, -0.05) is 32.9 Å². The molecule has 2 heterocycles. The van der Waals surface area contributed by atoms with Crippen molar-refractivity contribution in [1.29, 1.82) is 0 Å². The summed E-state index contributed by atoms with van der Waals surface area (Å²) in [5, 5.41) is 1.89. The van der Waals surface area contributed by atoms with Crippen LogP contribution < -0.4 is 4.74 Å². The zero-order chi connectivity index (χ0) is 15.0. The van der Waals surface area contributed by atoms with Gasteiger partial charge in [0.2, 0.25) is 5.88 Å². The van der Waals surface area contributed by atoms with E-state index in [0.717, 1.165) is 11.2 Å². The number of hydrogen-bond acceptors (Lipinski definition) is 4. The van der Waals surface area contributed by atoms with Crippen LogP contribution in [0.5, 0.6) is 11.6 Å². The fourth-order valence-corrected chi connectivity index (χ4v) is 2.82. The molecule has 0 aliphatic heterocycles. The number of aldehydes is 1. The number of fused-ring (bicyclic) bond motifs is 1. The summed E-state index contributed by atoms with van der Waals surface area (Å²) < 4.78 is 7.56. The van der Waals surface area contributed by atoms with Crippen molar-refractivity contribution in [2.45, 2.75) is 26.2 Å². The zero-order valence-corrected chi connectivity index (χ0v) is 13.0. The Morgan fingerprint density at radius 3 is 2.86 bits per heavy atom. The van der Waals surface area contributed by atoms with E-state index >= 15 is 0 Å². The minimum absolute atomic E-state index is 0.0431. The molecule has 0 bridgehead atoms. The van der Waals surface area contributed by atoms with Crippen molar-refractivity contribution >= 4 is 22.6 Å². The van der Waals surface area contributed by atoms with Gasteiger partial charge in [0, 0.05) is 11.6 Å². The number of nitrogens with zero attached hydrogens (tertiary/aromatic N) is 2. The lowest BCUT2D eigenvalue weighted by Crippen LogP contribution is -2.10. The lowest BCUT2D eigenvalue weighted by molar-refractivity contribution is 0.111. The van der Waals surface area contributed by atoms with Crippen molar-refractivity contribution in [3.63, 3.8) is 0 Å². The van der Waals surface area contributed by atoms with E-state index in [9.17, 15) is 4.79 Å². The second-order valence-corrected chi connectivity index (χ2v) is 6.73. The van der Waals surface area contributed by atoms with E-state index < -0.39 is 0 Å². The summed E-state index contributed by atoms with van der Waals surface area (Å²) in [5.74, 6) is 1.04. The molecule has 0 amide bonds. The Morgan fingerprint density at radius 2 is 2.14 bits per heavy atom. The predicted molar refractivity (Wildman–Crippen MR) is 83.7 cm³/mol. The molecule has 5 heteroatoms. The molecule has 108 valence electrons. The van der Waals surface area contributed by atoms with Crippen LogP contribution in [-0.4, -0.2) is 15.7 Å². The number of benzene rings is 1. The van der Waals surface area contributed by atoms with Gasteiger partial charge >= 0.3 is 0 Å². The smallest absolute Gasteiger partial charge is 0.250 e. The average Bonchev–Trinajstić information content (AvgIpc) is 2.98. The fraction of sp³-hybridized carbons (Fsp3) is 0.250. The standard InChI is InChI=1S/C16H16N2O2S/c1-16(2,3)11-5-4-6-12(9-11)20-14-13(10-19)18-7-8-21-15(18)17-14/h4-10H,1-3H3. The van der Waals surface area contributed by atoms with Crippen molar-refractivity contribution in [1.82, 2.24) is 9.38 Å². The third-order valence-electron chi connectivity index (χ3n) is 3.29. The second kappa shape index (κ2) is 5.00.